The van der Waals surface area contributed by atoms with E-state index in [0.29, 0.717) is 42.9 Å². The van der Waals surface area contributed by atoms with Crippen molar-refractivity contribution < 1.29 is 18.4 Å². The van der Waals surface area contributed by atoms with Gasteiger partial charge >= 0.3 is 0 Å². The second kappa shape index (κ2) is 7.93. The summed E-state index contributed by atoms with van der Waals surface area (Å²) in [5, 5.41) is 3.03. The van der Waals surface area contributed by atoms with Crippen molar-refractivity contribution in [2.24, 2.45) is 16.7 Å². The highest BCUT2D eigenvalue weighted by atomic mass is 19.1. The van der Waals surface area contributed by atoms with Gasteiger partial charge in [0.1, 0.15) is 23.8 Å². The standard InChI is InChI=1S/C27H28F2N4O2/c1-26-8-16-6-17(9-26)11-27(10-16,14-26)12-23(34)32-24-20-4-5-33(13-22(20)30-15-31-24)25(35)19-3-2-18(28)7-21(19)29/h2-3,7-8,15,17H,4-6,9-14H2,1H3,(H,30,31,32,34). The van der Waals surface area contributed by atoms with Crippen LogP contribution in [0.2, 0.25) is 0 Å². The summed E-state index contributed by atoms with van der Waals surface area (Å²) < 4.78 is 27.4. The number of aromatic nitrogens is 2. The van der Waals surface area contributed by atoms with E-state index in [0.717, 1.165) is 37.0 Å². The van der Waals surface area contributed by atoms with E-state index >= 15 is 0 Å². The van der Waals surface area contributed by atoms with Gasteiger partial charge in [-0.2, -0.15) is 0 Å². The van der Waals surface area contributed by atoms with E-state index in [1.54, 1.807) is 0 Å². The van der Waals surface area contributed by atoms with Crippen molar-refractivity contribution in [1.29, 1.82) is 0 Å². The summed E-state index contributed by atoms with van der Waals surface area (Å²) in [6.45, 7) is 2.83. The van der Waals surface area contributed by atoms with Crippen LogP contribution in [0, 0.1) is 28.4 Å². The van der Waals surface area contributed by atoms with Crippen LogP contribution in [0.5, 0.6) is 0 Å². The minimum atomic E-state index is -0.884. The fraction of sp³-hybridized carbons (Fsp3) is 0.481. The summed E-state index contributed by atoms with van der Waals surface area (Å²) in [4.78, 5) is 36.2. The first-order valence-electron chi connectivity index (χ1n) is 12.3. The molecule has 1 N–H and O–H groups in total. The monoisotopic (exact) mass is 478 g/mol. The van der Waals surface area contributed by atoms with Crippen LogP contribution in [0.1, 0.15) is 67.1 Å². The number of carbonyl (C=O) groups is 2. The second-order valence-corrected chi connectivity index (χ2v) is 11.3. The van der Waals surface area contributed by atoms with Gasteiger partial charge in [-0.05, 0) is 67.4 Å². The van der Waals surface area contributed by atoms with E-state index < -0.39 is 17.5 Å². The predicted octanol–water partition coefficient (Wildman–Crippen LogP) is 4.81. The van der Waals surface area contributed by atoms with E-state index in [9.17, 15) is 18.4 Å². The van der Waals surface area contributed by atoms with E-state index in [2.05, 4.69) is 28.3 Å². The van der Waals surface area contributed by atoms with E-state index in [-0.39, 0.29) is 28.8 Å². The van der Waals surface area contributed by atoms with Crippen LogP contribution in [0.15, 0.2) is 36.2 Å². The number of rotatable bonds is 4. The van der Waals surface area contributed by atoms with Crippen LogP contribution < -0.4 is 5.32 Å². The molecule has 7 rings (SSSR count). The van der Waals surface area contributed by atoms with E-state index in [1.807, 2.05) is 0 Å². The SMILES string of the molecule is CC12C=C3CC(C1)CC(CC(=O)Nc1ncnc4c1CCN(C(=O)c1ccc(F)cc1F)C4)(C3)C2. The van der Waals surface area contributed by atoms with Crippen molar-refractivity contribution in [3.8, 4) is 0 Å². The third kappa shape index (κ3) is 4.02. The highest BCUT2D eigenvalue weighted by Crippen LogP contribution is 2.63. The molecule has 2 fully saturated rings. The lowest BCUT2D eigenvalue weighted by molar-refractivity contribution is -0.121. The molecule has 1 aromatic carbocycles. The summed E-state index contributed by atoms with van der Waals surface area (Å²) in [5.74, 6) is -0.959. The smallest absolute Gasteiger partial charge is 0.257 e. The summed E-state index contributed by atoms with van der Waals surface area (Å²) in [7, 11) is 0. The molecule has 1 aliphatic heterocycles. The lowest BCUT2D eigenvalue weighted by Gasteiger charge is -2.57. The van der Waals surface area contributed by atoms with Crippen molar-refractivity contribution in [2.45, 2.75) is 58.4 Å². The molecule has 3 unspecified atom stereocenters. The number of nitrogens with zero attached hydrogens (tertiary/aromatic N) is 3. The van der Waals surface area contributed by atoms with Gasteiger partial charge in [0.15, 0.2) is 0 Å². The highest BCUT2D eigenvalue weighted by molar-refractivity contribution is 5.95. The van der Waals surface area contributed by atoms with Gasteiger partial charge < -0.3 is 10.2 Å². The summed E-state index contributed by atoms with van der Waals surface area (Å²) >= 11 is 0. The molecule has 6 nitrogen and oxygen atoms in total. The van der Waals surface area contributed by atoms with Gasteiger partial charge in [0.25, 0.3) is 5.91 Å². The maximum Gasteiger partial charge on any atom is 0.257 e. The maximum atomic E-state index is 14.1. The molecular weight excluding hydrogens is 450 g/mol. The van der Waals surface area contributed by atoms with Crippen molar-refractivity contribution in [3.63, 3.8) is 0 Å². The molecule has 1 aromatic heterocycles. The Morgan fingerprint density at radius 1 is 1.23 bits per heavy atom. The number of hydrogen-bond acceptors (Lipinski definition) is 4. The molecule has 2 heterocycles. The normalized spacial score (nSPS) is 28.5. The second-order valence-electron chi connectivity index (χ2n) is 11.3. The lowest BCUT2D eigenvalue weighted by Crippen LogP contribution is -2.47. The van der Waals surface area contributed by atoms with E-state index in [1.165, 1.54) is 29.6 Å². The molecule has 0 spiro atoms. The average molecular weight is 479 g/mol. The molecule has 5 aliphatic rings. The number of anilines is 1. The third-order valence-electron chi connectivity index (χ3n) is 8.21. The molecule has 2 saturated carbocycles. The minimum Gasteiger partial charge on any atom is -0.332 e. The zero-order valence-corrected chi connectivity index (χ0v) is 19.7. The Morgan fingerprint density at radius 2 is 2.09 bits per heavy atom. The molecule has 4 bridgehead atoms. The van der Waals surface area contributed by atoms with E-state index in [4.69, 9.17) is 0 Å². The molecule has 182 valence electrons. The molecule has 3 atom stereocenters. The first kappa shape index (κ1) is 22.3. The molecular formula is C27H28F2N4O2. The first-order chi connectivity index (χ1) is 16.7. The van der Waals surface area contributed by atoms with Gasteiger partial charge in [-0.15, -0.1) is 0 Å². The van der Waals surface area contributed by atoms with Crippen molar-refractivity contribution in [2.75, 3.05) is 11.9 Å². The average Bonchev–Trinajstić information content (AvgIpc) is 2.76. The number of halogens is 2. The van der Waals surface area contributed by atoms with Gasteiger partial charge in [0, 0.05) is 24.6 Å². The van der Waals surface area contributed by atoms with Crippen LogP contribution in [-0.4, -0.2) is 33.2 Å². The molecule has 4 aliphatic carbocycles. The Morgan fingerprint density at radius 3 is 2.86 bits per heavy atom. The molecule has 2 aromatic rings. The van der Waals surface area contributed by atoms with Crippen molar-refractivity contribution in [3.05, 3.63) is 64.6 Å². The number of fused-ring (bicyclic) bond motifs is 1. The number of carbonyl (C=O) groups excluding carboxylic acids is 2. The minimum absolute atomic E-state index is 0.0241. The first-order valence-corrected chi connectivity index (χ1v) is 12.3. The lowest BCUT2D eigenvalue weighted by atomic mass is 9.48. The van der Waals surface area contributed by atoms with Crippen LogP contribution in [0.3, 0.4) is 0 Å². The quantitative estimate of drug-likeness (QED) is 0.640. The number of benzene rings is 1. The van der Waals surface area contributed by atoms with Gasteiger partial charge in [0.2, 0.25) is 5.91 Å². The van der Waals surface area contributed by atoms with Crippen LogP contribution >= 0.6 is 0 Å². The van der Waals surface area contributed by atoms with Crippen LogP contribution in [0.25, 0.3) is 0 Å². The number of allylic oxidation sites excluding steroid dienone is 2. The fourth-order valence-corrected chi connectivity index (χ4v) is 7.44. The van der Waals surface area contributed by atoms with Gasteiger partial charge in [-0.25, -0.2) is 18.7 Å². The van der Waals surface area contributed by atoms with Crippen LogP contribution in [0.4, 0.5) is 14.6 Å². The summed E-state index contributed by atoms with van der Waals surface area (Å²) in [6, 6.07) is 2.95. The Kier molecular flexibility index (Phi) is 5.06. The van der Waals surface area contributed by atoms with Crippen molar-refractivity contribution >= 4 is 17.6 Å². The Balaban J connectivity index is 1.16. The number of hydrogen-bond donors (Lipinski definition) is 1. The highest BCUT2D eigenvalue weighted by Gasteiger charge is 2.52. The topological polar surface area (TPSA) is 75.2 Å². The number of amides is 2. The largest absolute Gasteiger partial charge is 0.332 e. The van der Waals surface area contributed by atoms with Gasteiger partial charge in [-0.3, -0.25) is 9.59 Å². The Hall–Kier alpha value is -3.16. The number of nitrogens with one attached hydrogen (secondary N) is 1. The third-order valence-corrected chi connectivity index (χ3v) is 8.21. The zero-order valence-electron chi connectivity index (χ0n) is 19.7. The van der Waals surface area contributed by atoms with Gasteiger partial charge in [0.05, 0.1) is 17.8 Å². The maximum absolute atomic E-state index is 14.1. The predicted molar refractivity (Wildman–Crippen MR) is 125 cm³/mol. The Labute approximate surface area is 202 Å². The molecule has 0 saturated heterocycles. The van der Waals surface area contributed by atoms with Gasteiger partial charge in [-0.1, -0.05) is 18.6 Å². The molecule has 35 heavy (non-hydrogen) atoms. The molecule has 0 radical (unpaired) electrons. The molecule has 2 amide bonds. The summed E-state index contributed by atoms with van der Waals surface area (Å²) in [6.07, 6.45) is 10.4. The fourth-order valence-electron chi connectivity index (χ4n) is 7.44. The summed E-state index contributed by atoms with van der Waals surface area (Å²) in [5.41, 5.74) is 3.06. The zero-order chi connectivity index (χ0) is 24.4. The Bertz CT molecular complexity index is 1280. The van der Waals surface area contributed by atoms with Crippen LogP contribution in [-0.2, 0) is 17.8 Å². The van der Waals surface area contributed by atoms with Crippen molar-refractivity contribution in [1.82, 2.24) is 14.9 Å². The molecule has 8 heteroatoms.